The van der Waals surface area contributed by atoms with E-state index in [-0.39, 0.29) is 36.5 Å². The molecule has 27 heavy (non-hydrogen) atoms. The normalized spacial score (nSPS) is 16.9. The molecule has 1 atom stereocenters. The van der Waals surface area contributed by atoms with E-state index in [4.69, 9.17) is 9.47 Å². The van der Waals surface area contributed by atoms with E-state index in [9.17, 15) is 14.4 Å². The summed E-state index contributed by atoms with van der Waals surface area (Å²) >= 11 is 0. The minimum Gasteiger partial charge on any atom is -0.462 e. The van der Waals surface area contributed by atoms with E-state index >= 15 is 0 Å². The van der Waals surface area contributed by atoms with E-state index in [2.05, 4.69) is 10.4 Å². The van der Waals surface area contributed by atoms with Crippen molar-refractivity contribution in [2.75, 3.05) is 25.0 Å². The highest BCUT2D eigenvalue weighted by atomic mass is 16.6. The first kappa shape index (κ1) is 20.7. The second-order valence-electron chi connectivity index (χ2n) is 7.58. The van der Waals surface area contributed by atoms with Gasteiger partial charge in [0.05, 0.1) is 12.8 Å². The van der Waals surface area contributed by atoms with Gasteiger partial charge in [-0.25, -0.2) is 9.59 Å². The first-order valence-electron chi connectivity index (χ1n) is 9.07. The Hall–Kier alpha value is -2.58. The van der Waals surface area contributed by atoms with Gasteiger partial charge in [0.2, 0.25) is 5.91 Å². The van der Waals surface area contributed by atoms with Crippen LogP contribution in [0.3, 0.4) is 0 Å². The predicted molar refractivity (Wildman–Crippen MR) is 98.3 cm³/mol. The average molecular weight is 380 g/mol. The highest BCUT2D eigenvalue weighted by Crippen LogP contribution is 2.23. The number of amides is 2. The summed E-state index contributed by atoms with van der Waals surface area (Å²) in [5, 5.41) is 6.74. The third kappa shape index (κ3) is 5.70. The van der Waals surface area contributed by atoms with Crippen LogP contribution in [0.25, 0.3) is 0 Å². The molecule has 1 N–H and O–H groups in total. The molecule has 0 unspecified atom stereocenters. The molecule has 0 spiro atoms. The average Bonchev–Trinajstić information content (AvgIpc) is 3.14. The van der Waals surface area contributed by atoms with Crippen LogP contribution in [-0.4, -0.2) is 57.9 Å². The van der Waals surface area contributed by atoms with Gasteiger partial charge < -0.3 is 19.7 Å². The number of likely N-dealkylation sites (tertiary alicyclic amines) is 1. The molecule has 1 aliphatic heterocycles. The van der Waals surface area contributed by atoms with Crippen molar-refractivity contribution in [1.82, 2.24) is 14.7 Å². The first-order chi connectivity index (χ1) is 12.6. The lowest BCUT2D eigenvalue weighted by molar-refractivity contribution is -0.117. The smallest absolute Gasteiger partial charge is 0.410 e. The summed E-state index contributed by atoms with van der Waals surface area (Å²) in [7, 11) is 1.64. The van der Waals surface area contributed by atoms with Gasteiger partial charge >= 0.3 is 12.1 Å². The topological polar surface area (TPSA) is 103 Å². The fourth-order valence-electron chi connectivity index (χ4n) is 2.88. The van der Waals surface area contributed by atoms with Crippen molar-refractivity contribution >= 4 is 23.8 Å². The van der Waals surface area contributed by atoms with Gasteiger partial charge in [-0.2, -0.15) is 5.10 Å². The highest BCUT2D eigenvalue weighted by Gasteiger charge is 2.31. The maximum atomic E-state index is 12.4. The molecule has 2 heterocycles. The summed E-state index contributed by atoms with van der Waals surface area (Å²) in [4.78, 5) is 38.1. The molecule has 0 aliphatic carbocycles. The van der Waals surface area contributed by atoms with E-state index in [1.807, 2.05) is 20.8 Å². The summed E-state index contributed by atoms with van der Waals surface area (Å²) in [5.74, 6) is -0.421. The van der Waals surface area contributed by atoms with Crippen molar-refractivity contribution in [2.24, 2.45) is 13.0 Å². The molecule has 0 saturated carbocycles. The molecule has 0 radical (unpaired) electrons. The summed E-state index contributed by atoms with van der Waals surface area (Å²) in [6, 6.07) is 0. The molecule has 1 aliphatic rings. The second kappa shape index (κ2) is 8.41. The SMILES string of the molecule is CCOC(=O)c1cnn(C)c1NC(=O)C[C@@H]1CCN(C(=O)OC(C)(C)C)C1. The maximum Gasteiger partial charge on any atom is 0.410 e. The highest BCUT2D eigenvalue weighted by molar-refractivity contribution is 6.00. The molecule has 1 aromatic rings. The molecule has 9 heteroatoms. The van der Waals surface area contributed by atoms with Crippen molar-refractivity contribution in [3.63, 3.8) is 0 Å². The predicted octanol–water partition coefficient (Wildman–Crippen LogP) is 2.18. The molecular formula is C18H28N4O5. The standard InChI is InChI=1S/C18H28N4O5/c1-6-26-16(24)13-10-19-21(5)15(13)20-14(23)9-12-7-8-22(11-12)17(25)27-18(2,3)4/h10,12H,6-9,11H2,1-5H3,(H,20,23)/t12-/m0/s1. The van der Waals surface area contributed by atoms with Crippen LogP contribution in [0.5, 0.6) is 0 Å². The van der Waals surface area contributed by atoms with E-state index in [0.29, 0.717) is 18.9 Å². The van der Waals surface area contributed by atoms with Gasteiger partial charge in [-0.3, -0.25) is 9.48 Å². The van der Waals surface area contributed by atoms with E-state index < -0.39 is 11.6 Å². The number of ether oxygens (including phenoxy) is 2. The Morgan fingerprint density at radius 2 is 2.04 bits per heavy atom. The zero-order chi connectivity index (χ0) is 20.2. The quantitative estimate of drug-likeness (QED) is 0.786. The van der Waals surface area contributed by atoms with Crippen molar-refractivity contribution in [3.05, 3.63) is 11.8 Å². The maximum absolute atomic E-state index is 12.4. The molecule has 9 nitrogen and oxygen atoms in total. The summed E-state index contributed by atoms with van der Waals surface area (Å²) in [6.45, 7) is 8.45. The van der Waals surface area contributed by atoms with Crippen LogP contribution in [0.4, 0.5) is 10.6 Å². The van der Waals surface area contributed by atoms with Crippen molar-refractivity contribution in [1.29, 1.82) is 0 Å². The number of esters is 1. The van der Waals surface area contributed by atoms with Gasteiger partial charge in [0.15, 0.2) is 0 Å². The van der Waals surface area contributed by atoms with Crippen molar-refractivity contribution < 1.29 is 23.9 Å². The minimum atomic E-state index is -0.546. The van der Waals surface area contributed by atoms with Crippen LogP contribution in [0, 0.1) is 5.92 Å². The van der Waals surface area contributed by atoms with Gasteiger partial charge in [0.25, 0.3) is 0 Å². The lowest BCUT2D eigenvalue weighted by Gasteiger charge is -2.24. The summed E-state index contributed by atoms with van der Waals surface area (Å²) < 4.78 is 11.8. The lowest BCUT2D eigenvalue weighted by atomic mass is 10.0. The Balaban J connectivity index is 1.91. The monoisotopic (exact) mass is 380 g/mol. The molecule has 1 saturated heterocycles. The van der Waals surface area contributed by atoms with Gasteiger partial charge in [-0.1, -0.05) is 0 Å². The minimum absolute atomic E-state index is 0.0387. The van der Waals surface area contributed by atoms with Crippen LogP contribution < -0.4 is 5.32 Å². The first-order valence-corrected chi connectivity index (χ1v) is 9.07. The molecular weight excluding hydrogens is 352 g/mol. The Morgan fingerprint density at radius 1 is 1.33 bits per heavy atom. The Labute approximate surface area is 159 Å². The fourth-order valence-corrected chi connectivity index (χ4v) is 2.88. The van der Waals surface area contributed by atoms with E-state index in [1.54, 1.807) is 18.9 Å². The Kier molecular flexibility index (Phi) is 6.45. The van der Waals surface area contributed by atoms with E-state index in [1.165, 1.54) is 10.9 Å². The number of aromatic nitrogens is 2. The number of anilines is 1. The van der Waals surface area contributed by atoms with Crippen LogP contribution in [0.15, 0.2) is 6.20 Å². The van der Waals surface area contributed by atoms with Crippen LogP contribution in [-0.2, 0) is 21.3 Å². The van der Waals surface area contributed by atoms with E-state index in [0.717, 1.165) is 6.42 Å². The summed E-state index contributed by atoms with van der Waals surface area (Å²) in [6.07, 6.45) is 1.98. The number of hydrogen-bond donors (Lipinski definition) is 1. The third-order valence-corrected chi connectivity index (χ3v) is 4.10. The van der Waals surface area contributed by atoms with Gasteiger partial charge in [0.1, 0.15) is 17.0 Å². The molecule has 0 bridgehead atoms. The Bertz CT molecular complexity index is 707. The van der Waals surface area contributed by atoms with Crippen LogP contribution in [0.2, 0.25) is 0 Å². The van der Waals surface area contributed by atoms with Gasteiger partial charge in [-0.05, 0) is 40.0 Å². The molecule has 1 aromatic heterocycles. The van der Waals surface area contributed by atoms with Gasteiger partial charge in [-0.15, -0.1) is 0 Å². The summed E-state index contributed by atoms with van der Waals surface area (Å²) in [5.41, 5.74) is -0.329. The van der Waals surface area contributed by atoms with Crippen LogP contribution in [0.1, 0.15) is 50.9 Å². The molecule has 2 amide bonds. The number of nitrogens with zero attached hydrogens (tertiary/aromatic N) is 3. The third-order valence-electron chi connectivity index (χ3n) is 4.10. The Morgan fingerprint density at radius 3 is 2.67 bits per heavy atom. The second-order valence-corrected chi connectivity index (χ2v) is 7.58. The van der Waals surface area contributed by atoms with Gasteiger partial charge in [0, 0.05) is 26.6 Å². The number of nitrogens with one attached hydrogen (secondary N) is 1. The number of hydrogen-bond acceptors (Lipinski definition) is 6. The molecule has 150 valence electrons. The van der Waals surface area contributed by atoms with Crippen LogP contribution >= 0.6 is 0 Å². The number of carbonyl (C=O) groups is 3. The van der Waals surface area contributed by atoms with Crippen molar-refractivity contribution in [3.8, 4) is 0 Å². The number of aryl methyl sites for hydroxylation is 1. The molecule has 1 fully saturated rings. The lowest BCUT2D eigenvalue weighted by Crippen LogP contribution is -2.35. The number of rotatable bonds is 5. The zero-order valence-corrected chi connectivity index (χ0v) is 16.6. The fraction of sp³-hybridized carbons (Fsp3) is 0.667. The van der Waals surface area contributed by atoms with Crippen molar-refractivity contribution in [2.45, 2.75) is 46.1 Å². The molecule has 2 rings (SSSR count). The zero-order valence-electron chi connectivity index (χ0n) is 16.6. The largest absolute Gasteiger partial charge is 0.462 e. The molecule has 0 aromatic carbocycles. The number of carbonyl (C=O) groups excluding carboxylic acids is 3.